The van der Waals surface area contributed by atoms with Crippen molar-refractivity contribution in [2.24, 2.45) is 11.8 Å². The van der Waals surface area contributed by atoms with Gasteiger partial charge in [-0.25, -0.2) is 0 Å². The van der Waals surface area contributed by atoms with E-state index in [9.17, 15) is 0 Å². The van der Waals surface area contributed by atoms with E-state index in [-0.39, 0.29) is 0 Å². The van der Waals surface area contributed by atoms with E-state index in [4.69, 9.17) is 0 Å². The molecule has 2 aliphatic carbocycles. The van der Waals surface area contributed by atoms with Crippen molar-refractivity contribution in [2.45, 2.75) is 16.8 Å². The second kappa shape index (κ2) is 2.68. The highest BCUT2D eigenvalue weighted by Gasteiger charge is 2.28. The van der Waals surface area contributed by atoms with Gasteiger partial charge < -0.3 is 0 Å². The molecule has 3 atom stereocenters. The quantitative estimate of drug-likeness (QED) is 0.350. The molecule has 0 nitrogen and oxygen atoms in total. The van der Waals surface area contributed by atoms with Crippen LogP contribution in [0.2, 0.25) is 0 Å². The molecule has 0 bridgehead atoms. The molecule has 0 amide bonds. The van der Waals surface area contributed by atoms with E-state index in [0.717, 1.165) is 15.8 Å². The van der Waals surface area contributed by atoms with Crippen molar-refractivity contribution in [2.75, 3.05) is 0 Å². The van der Waals surface area contributed by atoms with Gasteiger partial charge >= 0.3 is 0 Å². The highest BCUT2D eigenvalue weighted by Crippen LogP contribution is 2.37. The van der Waals surface area contributed by atoms with E-state index >= 15 is 0 Å². The third kappa shape index (κ3) is 1.04. The van der Waals surface area contributed by atoms with Gasteiger partial charge in [0.05, 0.1) is 0 Å². The van der Waals surface area contributed by atoms with Crippen LogP contribution < -0.4 is 0 Å². The zero-order chi connectivity index (χ0) is 6.97. The van der Waals surface area contributed by atoms with Crippen LogP contribution in [0, 0.1) is 11.8 Å². The lowest BCUT2D eigenvalue weighted by molar-refractivity contribution is 0.482. The van der Waals surface area contributed by atoms with Crippen LogP contribution in [0.1, 0.15) is 12.8 Å². The lowest BCUT2D eigenvalue weighted by atomic mass is 9.87. The Bertz CT molecular complexity index is 181. The molecule has 0 N–H and O–H groups in total. The minimum Gasteiger partial charge on any atom is -0.0876 e. The standard InChI is InChI=1S/C9H11I/c10-9-6-2-4-7-3-1-5-8(7)9/h1-2,4-5,7-9H,3,6H2. The van der Waals surface area contributed by atoms with Gasteiger partial charge in [-0.1, -0.05) is 46.9 Å². The molecule has 0 fully saturated rings. The van der Waals surface area contributed by atoms with Gasteiger partial charge in [-0.05, 0) is 24.7 Å². The summed E-state index contributed by atoms with van der Waals surface area (Å²) in [6, 6.07) is 0. The minimum atomic E-state index is 0.843. The fourth-order valence-electron chi connectivity index (χ4n) is 1.83. The van der Waals surface area contributed by atoms with Crippen molar-refractivity contribution in [3.05, 3.63) is 24.3 Å². The van der Waals surface area contributed by atoms with Crippen LogP contribution in [-0.4, -0.2) is 3.92 Å². The molecule has 3 unspecified atom stereocenters. The van der Waals surface area contributed by atoms with E-state index < -0.39 is 0 Å². The fraction of sp³-hybridized carbons (Fsp3) is 0.556. The Morgan fingerprint density at radius 1 is 1.10 bits per heavy atom. The monoisotopic (exact) mass is 246 g/mol. The second-order valence-electron chi connectivity index (χ2n) is 3.08. The Balaban J connectivity index is 2.20. The van der Waals surface area contributed by atoms with E-state index in [2.05, 4.69) is 46.9 Å². The summed E-state index contributed by atoms with van der Waals surface area (Å²) in [5.41, 5.74) is 0. The molecule has 0 spiro atoms. The summed E-state index contributed by atoms with van der Waals surface area (Å²) in [4.78, 5) is 0. The SMILES string of the molecule is IC1CC=CC2CC=CC12. The maximum atomic E-state index is 2.57. The lowest BCUT2D eigenvalue weighted by Crippen LogP contribution is -2.19. The smallest absolute Gasteiger partial charge is 0.0213 e. The number of halogens is 1. The highest BCUT2D eigenvalue weighted by atomic mass is 127. The summed E-state index contributed by atoms with van der Waals surface area (Å²) in [6.07, 6.45) is 12.0. The molecular weight excluding hydrogens is 235 g/mol. The van der Waals surface area contributed by atoms with E-state index in [1.165, 1.54) is 12.8 Å². The minimum absolute atomic E-state index is 0.843. The molecule has 0 aliphatic heterocycles. The Morgan fingerprint density at radius 2 is 1.90 bits per heavy atom. The van der Waals surface area contributed by atoms with Gasteiger partial charge in [0, 0.05) is 3.92 Å². The fourth-order valence-corrected chi connectivity index (χ4v) is 2.90. The first kappa shape index (κ1) is 6.89. The largest absolute Gasteiger partial charge is 0.0876 e. The first-order valence-electron chi connectivity index (χ1n) is 3.85. The van der Waals surface area contributed by atoms with Crippen LogP contribution in [0.5, 0.6) is 0 Å². The third-order valence-corrected chi connectivity index (χ3v) is 3.76. The average Bonchev–Trinajstić information content (AvgIpc) is 2.36. The molecule has 0 heterocycles. The molecule has 0 aromatic carbocycles. The molecule has 1 heteroatoms. The normalized spacial score (nSPS) is 43.9. The van der Waals surface area contributed by atoms with Gasteiger partial charge in [0.15, 0.2) is 0 Å². The van der Waals surface area contributed by atoms with Crippen LogP contribution in [0.15, 0.2) is 24.3 Å². The lowest BCUT2D eigenvalue weighted by Gasteiger charge is -2.24. The molecule has 0 aromatic heterocycles. The predicted molar refractivity (Wildman–Crippen MR) is 52.3 cm³/mol. The Morgan fingerprint density at radius 3 is 2.70 bits per heavy atom. The summed E-state index contributed by atoms with van der Waals surface area (Å²) >= 11 is 2.57. The first-order chi connectivity index (χ1) is 4.88. The van der Waals surface area contributed by atoms with Gasteiger partial charge in [0.1, 0.15) is 0 Å². The van der Waals surface area contributed by atoms with Crippen molar-refractivity contribution in [3.8, 4) is 0 Å². The number of fused-ring (bicyclic) bond motifs is 1. The first-order valence-corrected chi connectivity index (χ1v) is 5.10. The maximum Gasteiger partial charge on any atom is 0.0213 e. The molecule has 54 valence electrons. The van der Waals surface area contributed by atoms with Gasteiger partial charge in [0.25, 0.3) is 0 Å². The molecule has 2 rings (SSSR count). The molecule has 0 saturated carbocycles. The predicted octanol–water partition coefficient (Wildman–Crippen LogP) is 2.94. The summed E-state index contributed by atoms with van der Waals surface area (Å²) < 4.78 is 0.853. The van der Waals surface area contributed by atoms with Crippen LogP contribution in [0.25, 0.3) is 0 Å². The van der Waals surface area contributed by atoms with Gasteiger partial charge in [0.2, 0.25) is 0 Å². The van der Waals surface area contributed by atoms with Crippen molar-refractivity contribution in [1.82, 2.24) is 0 Å². The number of allylic oxidation sites excluding steroid dienone is 4. The number of hydrogen-bond acceptors (Lipinski definition) is 0. The number of rotatable bonds is 0. The average molecular weight is 246 g/mol. The summed E-state index contributed by atoms with van der Waals surface area (Å²) in [7, 11) is 0. The summed E-state index contributed by atoms with van der Waals surface area (Å²) in [5.74, 6) is 1.70. The van der Waals surface area contributed by atoms with Crippen LogP contribution in [-0.2, 0) is 0 Å². The van der Waals surface area contributed by atoms with Crippen LogP contribution >= 0.6 is 22.6 Å². The molecule has 0 aromatic rings. The van der Waals surface area contributed by atoms with E-state index in [1.807, 2.05) is 0 Å². The van der Waals surface area contributed by atoms with E-state index in [0.29, 0.717) is 0 Å². The third-order valence-electron chi connectivity index (χ3n) is 2.42. The van der Waals surface area contributed by atoms with Gasteiger partial charge in [-0.15, -0.1) is 0 Å². The number of hydrogen-bond donors (Lipinski definition) is 0. The summed E-state index contributed by atoms with van der Waals surface area (Å²) in [5, 5.41) is 0. The van der Waals surface area contributed by atoms with Crippen molar-refractivity contribution >= 4 is 22.6 Å². The Kier molecular flexibility index (Phi) is 1.85. The van der Waals surface area contributed by atoms with E-state index in [1.54, 1.807) is 0 Å². The molecule has 0 saturated heterocycles. The summed E-state index contributed by atoms with van der Waals surface area (Å²) in [6.45, 7) is 0. The topological polar surface area (TPSA) is 0 Å². The highest BCUT2D eigenvalue weighted by molar-refractivity contribution is 14.1. The Labute approximate surface area is 75.5 Å². The zero-order valence-electron chi connectivity index (χ0n) is 5.83. The second-order valence-corrected chi connectivity index (χ2v) is 4.68. The molecule has 0 radical (unpaired) electrons. The van der Waals surface area contributed by atoms with Gasteiger partial charge in [-0.3, -0.25) is 0 Å². The maximum absolute atomic E-state index is 2.57. The van der Waals surface area contributed by atoms with Crippen molar-refractivity contribution in [3.63, 3.8) is 0 Å². The number of alkyl halides is 1. The van der Waals surface area contributed by atoms with Crippen molar-refractivity contribution < 1.29 is 0 Å². The van der Waals surface area contributed by atoms with Crippen LogP contribution in [0.3, 0.4) is 0 Å². The molecule has 10 heavy (non-hydrogen) atoms. The Hall–Kier alpha value is 0.210. The van der Waals surface area contributed by atoms with Crippen LogP contribution in [0.4, 0.5) is 0 Å². The van der Waals surface area contributed by atoms with Crippen molar-refractivity contribution in [1.29, 1.82) is 0 Å². The molecular formula is C9H11I. The zero-order valence-corrected chi connectivity index (χ0v) is 7.99. The van der Waals surface area contributed by atoms with Gasteiger partial charge in [-0.2, -0.15) is 0 Å². The molecule has 2 aliphatic rings.